The van der Waals surface area contributed by atoms with Crippen LogP contribution in [0, 0.1) is 0 Å². The number of carboxylic acid groups (broad SMARTS) is 1. The fraction of sp³-hybridized carbons (Fsp3) is 0.346. The number of amides is 4. The number of aliphatic carboxylic acids is 1. The molecule has 0 heterocycles. The maximum absolute atomic E-state index is 13.2. The van der Waals surface area contributed by atoms with E-state index >= 15 is 0 Å². The molecule has 9 N–H and O–H groups in total. The molecular formula is C26H33N5O7. The van der Waals surface area contributed by atoms with E-state index in [9.17, 15) is 34.2 Å². The molecule has 0 aliphatic carbocycles. The van der Waals surface area contributed by atoms with Gasteiger partial charge in [-0.05, 0) is 24.5 Å². The van der Waals surface area contributed by atoms with Gasteiger partial charge in [0.25, 0.3) is 0 Å². The number of nitrogens with one attached hydrogen (secondary N) is 3. The van der Waals surface area contributed by atoms with E-state index < -0.39 is 66.3 Å². The minimum absolute atomic E-state index is 0.0345. The molecule has 5 atom stereocenters. The van der Waals surface area contributed by atoms with Gasteiger partial charge < -0.3 is 37.6 Å². The molecular weight excluding hydrogens is 494 g/mol. The van der Waals surface area contributed by atoms with Crippen LogP contribution in [0.3, 0.4) is 0 Å². The van der Waals surface area contributed by atoms with Gasteiger partial charge in [-0.1, -0.05) is 60.7 Å². The maximum Gasteiger partial charge on any atom is 0.328 e. The molecule has 38 heavy (non-hydrogen) atoms. The lowest BCUT2D eigenvalue weighted by atomic mass is 10.0. The van der Waals surface area contributed by atoms with Crippen molar-refractivity contribution >= 4 is 29.6 Å². The number of carbonyl (C=O) groups excluding carboxylic acids is 4. The van der Waals surface area contributed by atoms with Crippen LogP contribution in [0.15, 0.2) is 60.7 Å². The summed E-state index contributed by atoms with van der Waals surface area (Å²) in [6, 6.07) is 12.4. The minimum atomic E-state index is -1.69. The number of nitrogens with two attached hydrogens (primary N) is 2. The van der Waals surface area contributed by atoms with Crippen molar-refractivity contribution in [1.29, 1.82) is 0 Å². The van der Waals surface area contributed by atoms with Crippen LogP contribution in [0.5, 0.6) is 0 Å². The Kier molecular flexibility index (Phi) is 11.4. The van der Waals surface area contributed by atoms with Crippen LogP contribution >= 0.6 is 0 Å². The summed E-state index contributed by atoms with van der Waals surface area (Å²) in [5, 5.41) is 25.9. The van der Waals surface area contributed by atoms with Crippen LogP contribution in [0.1, 0.15) is 24.5 Å². The Morgan fingerprint density at radius 3 is 1.71 bits per heavy atom. The second-order valence-corrected chi connectivity index (χ2v) is 8.84. The minimum Gasteiger partial charge on any atom is -0.480 e. The summed E-state index contributed by atoms with van der Waals surface area (Å²) >= 11 is 0. The molecule has 0 saturated heterocycles. The van der Waals surface area contributed by atoms with Crippen molar-refractivity contribution in [2.45, 2.75) is 56.5 Å². The summed E-state index contributed by atoms with van der Waals surface area (Å²) in [7, 11) is 0. The number of hydrogen-bond acceptors (Lipinski definition) is 7. The number of benzene rings is 2. The van der Waals surface area contributed by atoms with Gasteiger partial charge in [-0.3, -0.25) is 19.2 Å². The second kappa shape index (κ2) is 14.4. The molecule has 5 unspecified atom stereocenters. The van der Waals surface area contributed by atoms with E-state index in [0.717, 1.165) is 12.5 Å². The van der Waals surface area contributed by atoms with Gasteiger partial charge in [-0.25, -0.2) is 4.79 Å². The number of aliphatic hydroxyl groups excluding tert-OH is 1. The Bertz CT molecular complexity index is 1110. The average Bonchev–Trinajstić information content (AvgIpc) is 2.86. The normalized spacial score (nSPS) is 14.7. The highest BCUT2D eigenvalue weighted by Gasteiger charge is 2.32. The van der Waals surface area contributed by atoms with E-state index in [2.05, 4.69) is 16.0 Å². The predicted molar refractivity (Wildman–Crippen MR) is 137 cm³/mol. The van der Waals surface area contributed by atoms with E-state index in [4.69, 9.17) is 11.5 Å². The number of rotatable bonds is 14. The number of carbonyl (C=O) groups is 5. The fourth-order valence-electron chi connectivity index (χ4n) is 3.62. The molecule has 0 aromatic heterocycles. The Morgan fingerprint density at radius 2 is 1.24 bits per heavy atom. The highest BCUT2D eigenvalue weighted by molar-refractivity contribution is 5.96. The van der Waals surface area contributed by atoms with Crippen LogP contribution in [0.4, 0.5) is 0 Å². The van der Waals surface area contributed by atoms with Crippen LogP contribution in [-0.2, 0) is 36.8 Å². The lowest BCUT2D eigenvalue weighted by Gasteiger charge is -2.25. The zero-order valence-electron chi connectivity index (χ0n) is 20.9. The predicted octanol–water partition coefficient (Wildman–Crippen LogP) is -1.41. The molecule has 0 spiro atoms. The third kappa shape index (κ3) is 9.64. The zero-order valence-corrected chi connectivity index (χ0v) is 20.9. The molecule has 0 aliphatic heterocycles. The largest absolute Gasteiger partial charge is 0.480 e. The summed E-state index contributed by atoms with van der Waals surface area (Å²) in [4.78, 5) is 61.8. The molecule has 0 radical (unpaired) electrons. The van der Waals surface area contributed by atoms with Gasteiger partial charge in [0.15, 0.2) is 6.04 Å². The van der Waals surface area contributed by atoms with E-state index in [1.54, 1.807) is 30.3 Å². The smallest absolute Gasteiger partial charge is 0.328 e. The van der Waals surface area contributed by atoms with Crippen molar-refractivity contribution < 1.29 is 34.2 Å². The van der Waals surface area contributed by atoms with E-state index in [1.807, 2.05) is 30.3 Å². The molecule has 4 amide bonds. The molecule has 2 rings (SSSR count). The third-order valence-corrected chi connectivity index (χ3v) is 5.64. The molecule has 0 saturated carbocycles. The van der Waals surface area contributed by atoms with Gasteiger partial charge in [-0.15, -0.1) is 0 Å². The molecule has 12 heteroatoms. The van der Waals surface area contributed by atoms with Gasteiger partial charge in [0.2, 0.25) is 23.6 Å². The van der Waals surface area contributed by atoms with Gasteiger partial charge in [0.05, 0.1) is 18.6 Å². The topological polar surface area (TPSA) is 214 Å². The molecule has 0 fully saturated rings. The average molecular weight is 528 g/mol. The van der Waals surface area contributed by atoms with Crippen molar-refractivity contribution in [3.8, 4) is 0 Å². The molecule has 0 aliphatic rings. The quantitative estimate of drug-likeness (QED) is 0.155. The lowest BCUT2D eigenvalue weighted by Crippen LogP contribution is -2.59. The van der Waals surface area contributed by atoms with Crippen molar-refractivity contribution in [1.82, 2.24) is 16.0 Å². The van der Waals surface area contributed by atoms with Crippen LogP contribution < -0.4 is 27.4 Å². The van der Waals surface area contributed by atoms with Gasteiger partial charge in [0, 0.05) is 6.42 Å². The first-order valence-corrected chi connectivity index (χ1v) is 11.9. The standard InChI is InChI=1S/C26H33N5O7/c1-15(32)22(26(37)38)31-25(36)20(14-21(28)33)30-24(35)19(13-17-10-6-3-7-11-17)29-23(34)18(27)12-16-8-4-2-5-9-16/h2-11,15,18-20,22,32H,12-14,27H2,1H3,(H2,28,33)(H,29,34)(H,30,35)(H,31,36)(H,37,38). The van der Waals surface area contributed by atoms with Crippen LogP contribution in [0.2, 0.25) is 0 Å². The molecule has 2 aromatic rings. The Morgan fingerprint density at radius 1 is 0.763 bits per heavy atom. The fourth-order valence-corrected chi connectivity index (χ4v) is 3.62. The summed E-state index contributed by atoms with van der Waals surface area (Å²) < 4.78 is 0. The first-order valence-electron chi connectivity index (χ1n) is 11.9. The SMILES string of the molecule is CC(O)C(NC(=O)C(CC(N)=O)NC(=O)C(Cc1ccccc1)NC(=O)C(N)Cc1ccccc1)C(=O)O. The van der Waals surface area contributed by atoms with Crippen molar-refractivity contribution in [2.24, 2.45) is 11.5 Å². The molecule has 204 valence electrons. The zero-order chi connectivity index (χ0) is 28.2. The Hall–Kier alpha value is -4.29. The first kappa shape index (κ1) is 29.9. The Labute approximate surface area is 219 Å². The summed E-state index contributed by atoms with van der Waals surface area (Å²) in [6.45, 7) is 1.16. The monoisotopic (exact) mass is 527 g/mol. The molecule has 2 aromatic carbocycles. The van der Waals surface area contributed by atoms with E-state index in [0.29, 0.717) is 5.56 Å². The third-order valence-electron chi connectivity index (χ3n) is 5.64. The van der Waals surface area contributed by atoms with Crippen LogP contribution in [0.25, 0.3) is 0 Å². The van der Waals surface area contributed by atoms with Gasteiger partial charge >= 0.3 is 5.97 Å². The lowest BCUT2D eigenvalue weighted by molar-refractivity contribution is -0.145. The summed E-state index contributed by atoms with van der Waals surface area (Å²) in [5.41, 5.74) is 12.8. The summed E-state index contributed by atoms with van der Waals surface area (Å²) in [5.74, 6) is -4.93. The van der Waals surface area contributed by atoms with Crippen molar-refractivity contribution in [2.75, 3.05) is 0 Å². The Balaban J connectivity index is 2.22. The number of carboxylic acids is 1. The van der Waals surface area contributed by atoms with Crippen LogP contribution in [-0.4, -0.2) is 70.1 Å². The number of hydrogen-bond donors (Lipinski definition) is 7. The van der Waals surface area contributed by atoms with Crippen molar-refractivity contribution in [3.63, 3.8) is 0 Å². The second-order valence-electron chi connectivity index (χ2n) is 8.84. The van der Waals surface area contributed by atoms with E-state index in [1.165, 1.54) is 0 Å². The number of primary amides is 1. The highest BCUT2D eigenvalue weighted by atomic mass is 16.4. The van der Waals surface area contributed by atoms with Crippen molar-refractivity contribution in [3.05, 3.63) is 71.8 Å². The van der Waals surface area contributed by atoms with E-state index in [-0.39, 0.29) is 12.8 Å². The summed E-state index contributed by atoms with van der Waals surface area (Å²) in [6.07, 6.45) is -1.86. The maximum atomic E-state index is 13.2. The number of aliphatic hydroxyl groups is 1. The molecule has 0 bridgehead atoms. The first-order chi connectivity index (χ1) is 18.0. The van der Waals surface area contributed by atoms with Gasteiger partial charge in [-0.2, -0.15) is 0 Å². The highest BCUT2D eigenvalue weighted by Crippen LogP contribution is 2.07. The molecule has 12 nitrogen and oxygen atoms in total. The van der Waals surface area contributed by atoms with Gasteiger partial charge in [0.1, 0.15) is 12.1 Å².